The Morgan fingerprint density at radius 3 is 2.84 bits per heavy atom. The third-order valence-electron chi connectivity index (χ3n) is 2.51. The van der Waals surface area contributed by atoms with E-state index in [1.807, 2.05) is 12.1 Å². The fraction of sp³-hybridized carbons (Fsp3) is 0.667. The summed E-state index contributed by atoms with van der Waals surface area (Å²) in [5.41, 5.74) is 1.19. The van der Waals surface area contributed by atoms with Crippen LogP contribution >= 0.6 is 0 Å². The van der Waals surface area contributed by atoms with Gasteiger partial charge in [-0.3, -0.25) is 0 Å². The maximum Gasteiger partial charge on any atom is 0.213 e. The molecule has 0 saturated heterocycles. The molecular formula is C15H26N2O2. The number of pyridine rings is 1. The van der Waals surface area contributed by atoms with Gasteiger partial charge < -0.3 is 14.8 Å². The second-order valence-corrected chi connectivity index (χ2v) is 4.99. The molecule has 0 unspecified atom stereocenters. The van der Waals surface area contributed by atoms with Crippen molar-refractivity contribution in [2.24, 2.45) is 5.92 Å². The summed E-state index contributed by atoms with van der Waals surface area (Å²) in [6.07, 6.45) is 2.82. The molecule has 0 amide bonds. The summed E-state index contributed by atoms with van der Waals surface area (Å²) in [4.78, 5) is 4.19. The lowest BCUT2D eigenvalue weighted by molar-refractivity contribution is 0.0990. The van der Waals surface area contributed by atoms with E-state index in [9.17, 15) is 0 Å². The Hall–Kier alpha value is -1.13. The van der Waals surface area contributed by atoms with Crippen molar-refractivity contribution < 1.29 is 9.47 Å². The van der Waals surface area contributed by atoms with Crippen molar-refractivity contribution in [3.63, 3.8) is 0 Å². The first-order valence-corrected chi connectivity index (χ1v) is 7.08. The highest BCUT2D eigenvalue weighted by atomic mass is 16.5. The minimum absolute atomic E-state index is 0.551. The molecule has 0 spiro atoms. The zero-order valence-corrected chi connectivity index (χ0v) is 12.3. The van der Waals surface area contributed by atoms with E-state index in [2.05, 4.69) is 31.1 Å². The van der Waals surface area contributed by atoms with E-state index >= 15 is 0 Å². The molecule has 0 bridgehead atoms. The zero-order valence-electron chi connectivity index (χ0n) is 12.3. The number of nitrogens with zero attached hydrogens (tertiary/aromatic N) is 1. The van der Waals surface area contributed by atoms with E-state index in [1.165, 1.54) is 5.56 Å². The summed E-state index contributed by atoms with van der Waals surface area (Å²) in [6.45, 7) is 10.3. The number of rotatable bonds is 10. The molecule has 0 aliphatic carbocycles. The highest BCUT2D eigenvalue weighted by molar-refractivity contribution is 5.20. The first-order valence-electron chi connectivity index (χ1n) is 7.08. The van der Waals surface area contributed by atoms with Gasteiger partial charge in [-0.25, -0.2) is 4.98 Å². The Bertz CT molecular complexity index is 343. The Morgan fingerprint density at radius 2 is 2.11 bits per heavy atom. The second kappa shape index (κ2) is 9.75. The molecule has 0 fully saturated rings. The van der Waals surface area contributed by atoms with Crippen LogP contribution in [0.5, 0.6) is 5.88 Å². The van der Waals surface area contributed by atoms with Gasteiger partial charge in [-0.15, -0.1) is 0 Å². The van der Waals surface area contributed by atoms with E-state index in [0.717, 1.165) is 26.1 Å². The third kappa shape index (κ3) is 7.80. The van der Waals surface area contributed by atoms with Gasteiger partial charge >= 0.3 is 0 Å². The molecule has 1 aromatic rings. The summed E-state index contributed by atoms with van der Waals surface area (Å²) in [5.74, 6) is 1.33. The Kier molecular flexibility index (Phi) is 8.18. The molecule has 4 nitrogen and oxygen atoms in total. The van der Waals surface area contributed by atoms with Crippen molar-refractivity contribution in [1.29, 1.82) is 0 Å². The number of aromatic nitrogens is 1. The number of nitrogens with one attached hydrogen (secondary N) is 1. The molecule has 0 aliphatic heterocycles. The molecule has 0 atom stereocenters. The summed E-state index contributed by atoms with van der Waals surface area (Å²) in [5, 5.41) is 3.40. The van der Waals surface area contributed by atoms with Crippen LogP contribution in [0.4, 0.5) is 0 Å². The number of hydrogen-bond acceptors (Lipinski definition) is 4. The van der Waals surface area contributed by atoms with Gasteiger partial charge in [-0.1, -0.05) is 20.8 Å². The molecule has 0 aliphatic rings. The van der Waals surface area contributed by atoms with Crippen molar-refractivity contribution in [3.8, 4) is 5.88 Å². The Morgan fingerprint density at radius 1 is 1.26 bits per heavy atom. The third-order valence-corrected chi connectivity index (χ3v) is 2.51. The van der Waals surface area contributed by atoms with Crippen molar-refractivity contribution in [3.05, 3.63) is 23.9 Å². The summed E-state index contributed by atoms with van der Waals surface area (Å²) >= 11 is 0. The topological polar surface area (TPSA) is 43.4 Å². The standard InChI is InChI=1S/C15H26N2O2/c1-4-7-18-8-9-19-15-10-14(5-6-17-15)12-16-11-13(2)3/h5-6,10,13,16H,4,7-9,11-12H2,1-3H3. The van der Waals surface area contributed by atoms with Crippen LogP contribution in [-0.2, 0) is 11.3 Å². The molecule has 1 rings (SSSR count). The lowest BCUT2D eigenvalue weighted by atomic mass is 10.2. The predicted octanol–water partition coefficient (Wildman–Crippen LogP) is 2.63. The van der Waals surface area contributed by atoms with Crippen LogP contribution < -0.4 is 10.1 Å². The molecule has 4 heteroatoms. The molecule has 1 heterocycles. The Balaban J connectivity index is 2.27. The molecule has 108 valence electrons. The lowest BCUT2D eigenvalue weighted by Gasteiger charge is -2.09. The van der Waals surface area contributed by atoms with Gasteiger partial charge in [0.1, 0.15) is 6.61 Å². The molecule has 1 N–H and O–H groups in total. The first kappa shape index (κ1) is 15.9. The molecule has 19 heavy (non-hydrogen) atoms. The van der Waals surface area contributed by atoms with E-state index in [-0.39, 0.29) is 0 Å². The first-order chi connectivity index (χ1) is 9.22. The van der Waals surface area contributed by atoms with Crippen LogP contribution in [0.15, 0.2) is 18.3 Å². The lowest BCUT2D eigenvalue weighted by Crippen LogP contribution is -2.19. The van der Waals surface area contributed by atoms with Gasteiger partial charge in [-0.05, 0) is 30.5 Å². The summed E-state index contributed by atoms with van der Waals surface area (Å²) < 4.78 is 10.9. The molecule has 0 saturated carbocycles. The smallest absolute Gasteiger partial charge is 0.213 e. The van der Waals surface area contributed by atoms with Crippen LogP contribution in [0.3, 0.4) is 0 Å². The highest BCUT2D eigenvalue weighted by Gasteiger charge is 1.99. The van der Waals surface area contributed by atoms with E-state index in [4.69, 9.17) is 9.47 Å². The van der Waals surface area contributed by atoms with Crippen molar-refractivity contribution in [1.82, 2.24) is 10.3 Å². The zero-order chi connectivity index (χ0) is 13.9. The minimum atomic E-state index is 0.551. The minimum Gasteiger partial charge on any atom is -0.475 e. The van der Waals surface area contributed by atoms with Crippen molar-refractivity contribution >= 4 is 0 Å². The van der Waals surface area contributed by atoms with Crippen molar-refractivity contribution in [2.75, 3.05) is 26.4 Å². The van der Waals surface area contributed by atoms with Crippen LogP contribution in [0.2, 0.25) is 0 Å². The largest absolute Gasteiger partial charge is 0.475 e. The Labute approximate surface area is 116 Å². The fourth-order valence-corrected chi connectivity index (χ4v) is 1.60. The second-order valence-electron chi connectivity index (χ2n) is 4.99. The van der Waals surface area contributed by atoms with Crippen LogP contribution in [0.25, 0.3) is 0 Å². The average molecular weight is 266 g/mol. The quantitative estimate of drug-likeness (QED) is 0.661. The maximum absolute atomic E-state index is 5.56. The number of ether oxygens (including phenoxy) is 2. The predicted molar refractivity (Wildman–Crippen MR) is 77.4 cm³/mol. The maximum atomic E-state index is 5.56. The van der Waals surface area contributed by atoms with E-state index in [0.29, 0.717) is 25.0 Å². The van der Waals surface area contributed by atoms with Gasteiger partial charge in [0.25, 0.3) is 0 Å². The van der Waals surface area contributed by atoms with Crippen molar-refractivity contribution in [2.45, 2.75) is 33.7 Å². The monoisotopic (exact) mass is 266 g/mol. The molecule has 1 aromatic heterocycles. The molecule has 0 radical (unpaired) electrons. The SMILES string of the molecule is CCCOCCOc1cc(CNCC(C)C)ccn1. The normalized spacial score (nSPS) is 10.9. The van der Waals surface area contributed by atoms with E-state index < -0.39 is 0 Å². The van der Waals surface area contributed by atoms with Crippen LogP contribution in [0, 0.1) is 5.92 Å². The van der Waals surface area contributed by atoms with Gasteiger partial charge in [0.05, 0.1) is 6.61 Å². The molecule has 0 aromatic carbocycles. The molecular weight excluding hydrogens is 240 g/mol. The van der Waals surface area contributed by atoms with Gasteiger partial charge in [0.2, 0.25) is 5.88 Å². The van der Waals surface area contributed by atoms with Gasteiger partial charge in [0.15, 0.2) is 0 Å². The summed E-state index contributed by atoms with van der Waals surface area (Å²) in [6, 6.07) is 3.99. The van der Waals surface area contributed by atoms with Crippen LogP contribution in [-0.4, -0.2) is 31.3 Å². The van der Waals surface area contributed by atoms with Gasteiger partial charge in [-0.2, -0.15) is 0 Å². The number of hydrogen-bond donors (Lipinski definition) is 1. The highest BCUT2D eigenvalue weighted by Crippen LogP contribution is 2.09. The fourth-order valence-electron chi connectivity index (χ4n) is 1.60. The van der Waals surface area contributed by atoms with Crippen LogP contribution in [0.1, 0.15) is 32.8 Å². The van der Waals surface area contributed by atoms with E-state index in [1.54, 1.807) is 6.20 Å². The average Bonchev–Trinajstić information content (AvgIpc) is 2.39. The van der Waals surface area contributed by atoms with Gasteiger partial charge in [0, 0.05) is 25.4 Å². The summed E-state index contributed by atoms with van der Waals surface area (Å²) in [7, 11) is 0.